The van der Waals surface area contributed by atoms with E-state index < -0.39 is 0 Å². The van der Waals surface area contributed by atoms with E-state index in [4.69, 9.17) is 17.3 Å². The van der Waals surface area contributed by atoms with Crippen molar-refractivity contribution in [1.82, 2.24) is 4.98 Å². The number of rotatable bonds is 3. The van der Waals surface area contributed by atoms with Gasteiger partial charge in [-0.25, -0.2) is 0 Å². The highest BCUT2D eigenvalue weighted by molar-refractivity contribution is 7.09. The van der Waals surface area contributed by atoms with E-state index in [0.29, 0.717) is 10.7 Å². The third-order valence-corrected chi connectivity index (χ3v) is 2.96. The molecule has 1 aromatic carbocycles. The molecule has 0 saturated carbocycles. The number of anilines is 2. The molecule has 0 aliphatic heterocycles. The molecule has 0 aliphatic rings. The summed E-state index contributed by atoms with van der Waals surface area (Å²) < 4.78 is 0. The Morgan fingerprint density at radius 2 is 2.33 bits per heavy atom. The Labute approximate surface area is 96.9 Å². The van der Waals surface area contributed by atoms with E-state index in [1.165, 1.54) is 4.88 Å². The summed E-state index contributed by atoms with van der Waals surface area (Å²) in [6, 6.07) is 5.42. The van der Waals surface area contributed by atoms with Crippen LogP contribution in [-0.2, 0) is 6.54 Å². The van der Waals surface area contributed by atoms with E-state index in [0.717, 1.165) is 12.2 Å². The zero-order chi connectivity index (χ0) is 10.7. The van der Waals surface area contributed by atoms with Crippen molar-refractivity contribution >= 4 is 34.3 Å². The van der Waals surface area contributed by atoms with Crippen molar-refractivity contribution in [3.63, 3.8) is 0 Å². The zero-order valence-electron chi connectivity index (χ0n) is 7.90. The third kappa shape index (κ3) is 2.61. The maximum atomic E-state index is 5.80. The third-order valence-electron chi connectivity index (χ3n) is 1.95. The Kier molecular flexibility index (Phi) is 3.08. The predicted molar refractivity (Wildman–Crippen MR) is 65.3 cm³/mol. The average Bonchev–Trinajstić information content (AvgIpc) is 2.69. The lowest BCUT2D eigenvalue weighted by Gasteiger charge is -2.07. The lowest BCUT2D eigenvalue weighted by molar-refractivity contribution is 1.18. The van der Waals surface area contributed by atoms with E-state index >= 15 is 0 Å². The second-order valence-corrected chi connectivity index (χ2v) is 4.46. The van der Waals surface area contributed by atoms with Gasteiger partial charge in [-0.05, 0) is 18.2 Å². The van der Waals surface area contributed by atoms with Crippen molar-refractivity contribution in [1.29, 1.82) is 0 Å². The van der Waals surface area contributed by atoms with Gasteiger partial charge < -0.3 is 11.1 Å². The van der Waals surface area contributed by atoms with Gasteiger partial charge >= 0.3 is 0 Å². The van der Waals surface area contributed by atoms with Crippen LogP contribution in [0.15, 0.2) is 29.9 Å². The first-order chi connectivity index (χ1) is 7.25. The van der Waals surface area contributed by atoms with Gasteiger partial charge in [-0.2, -0.15) is 0 Å². The number of nitrogens with zero attached hydrogens (tertiary/aromatic N) is 1. The Morgan fingerprint density at radius 3 is 3.00 bits per heavy atom. The fourth-order valence-corrected chi connectivity index (χ4v) is 1.92. The van der Waals surface area contributed by atoms with Crippen LogP contribution in [0.1, 0.15) is 4.88 Å². The van der Waals surface area contributed by atoms with Crippen LogP contribution in [0.3, 0.4) is 0 Å². The van der Waals surface area contributed by atoms with Gasteiger partial charge in [0, 0.05) is 16.1 Å². The molecule has 1 aromatic heterocycles. The summed E-state index contributed by atoms with van der Waals surface area (Å²) >= 11 is 7.41. The molecule has 2 rings (SSSR count). The maximum absolute atomic E-state index is 5.80. The number of benzene rings is 1. The highest BCUT2D eigenvalue weighted by Gasteiger charge is 2.00. The molecule has 0 bridgehead atoms. The zero-order valence-corrected chi connectivity index (χ0v) is 9.48. The van der Waals surface area contributed by atoms with E-state index in [1.807, 2.05) is 23.8 Å². The molecule has 0 spiro atoms. The second kappa shape index (κ2) is 4.51. The molecule has 5 heteroatoms. The van der Waals surface area contributed by atoms with Crippen LogP contribution in [0.2, 0.25) is 5.02 Å². The quantitative estimate of drug-likeness (QED) is 0.810. The minimum Gasteiger partial charge on any atom is -0.397 e. The molecule has 0 radical (unpaired) electrons. The predicted octanol–water partition coefficient (Wildman–Crippen LogP) is 2.99. The molecule has 0 fully saturated rings. The molecule has 78 valence electrons. The topological polar surface area (TPSA) is 50.9 Å². The first-order valence-corrected chi connectivity index (χ1v) is 5.68. The number of nitrogens with two attached hydrogens (primary N) is 1. The molecule has 0 saturated heterocycles. The van der Waals surface area contributed by atoms with E-state index in [9.17, 15) is 0 Å². The molecule has 0 amide bonds. The molecule has 0 unspecified atom stereocenters. The van der Waals surface area contributed by atoms with Crippen LogP contribution in [0.5, 0.6) is 0 Å². The van der Waals surface area contributed by atoms with Crippen LogP contribution in [0.25, 0.3) is 0 Å². The first kappa shape index (κ1) is 10.3. The van der Waals surface area contributed by atoms with E-state index in [2.05, 4.69) is 10.3 Å². The highest BCUT2D eigenvalue weighted by Crippen LogP contribution is 2.23. The monoisotopic (exact) mass is 239 g/mol. The molecular formula is C10H10ClN3S. The SMILES string of the molecule is Nc1cc(Cl)ccc1NCc1cncs1. The normalized spacial score (nSPS) is 10.2. The van der Waals surface area contributed by atoms with Crippen LogP contribution < -0.4 is 11.1 Å². The summed E-state index contributed by atoms with van der Waals surface area (Å²) in [6.07, 6.45) is 1.84. The minimum atomic E-state index is 0.649. The summed E-state index contributed by atoms with van der Waals surface area (Å²) in [5.41, 5.74) is 9.16. The van der Waals surface area contributed by atoms with Crippen molar-refractivity contribution in [3.05, 3.63) is 39.8 Å². The van der Waals surface area contributed by atoms with Crippen LogP contribution in [-0.4, -0.2) is 4.98 Å². The highest BCUT2D eigenvalue weighted by atomic mass is 35.5. The molecular weight excluding hydrogens is 230 g/mol. The van der Waals surface area contributed by atoms with Gasteiger partial charge in [0.05, 0.1) is 23.4 Å². The summed E-state index contributed by atoms with van der Waals surface area (Å²) in [5, 5.41) is 3.88. The number of hydrogen-bond donors (Lipinski definition) is 2. The van der Waals surface area contributed by atoms with Gasteiger partial charge in [0.25, 0.3) is 0 Å². The van der Waals surface area contributed by atoms with Crippen LogP contribution in [0.4, 0.5) is 11.4 Å². The van der Waals surface area contributed by atoms with Crippen LogP contribution in [0, 0.1) is 0 Å². The Hall–Kier alpha value is -1.26. The van der Waals surface area contributed by atoms with E-state index in [1.54, 1.807) is 17.4 Å². The first-order valence-electron chi connectivity index (χ1n) is 4.42. The minimum absolute atomic E-state index is 0.649. The summed E-state index contributed by atoms with van der Waals surface area (Å²) in [7, 11) is 0. The lowest BCUT2D eigenvalue weighted by Crippen LogP contribution is -2.00. The summed E-state index contributed by atoms with van der Waals surface area (Å²) in [4.78, 5) is 5.17. The van der Waals surface area contributed by atoms with Gasteiger partial charge in [0.1, 0.15) is 0 Å². The summed E-state index contributed by atoms with van der Waals surface area (Å²) in [5.74, 6) is 0. The Balaban J connectivity index is 2.05. The van der Waals surface area contributed by atoms with Gasteiger partial charge in [0.2, 0.25) is 0 Å². The fraction of sp³-hybridized carbons (Fsp3) is 0.100. The molecule has 3 N–H and O–H groups in total. The van der Waals surface area contributed by atoms with Crippen molar-refractivity contribution in [2.45, 2.75) is 6.54 Å². The lowest BCUT2D eigenvalue weighted by atomic mass is 10.2. The number of aromatic nitrogens is 1. The van der Waals surface area contributed by atoms with Gasteiger partial charge in [-0.15, -0.1) is 11.3 Å². The second-order valence-electron chi connectivity index (χ2n) is 3.05. The number of halogens is 1. The Morgan fingerprint density at radius 1 is 1.47 bits per heavy atom. The molecule has 2 aromatic rings. The van der Waals surface area contributed by atoms with Crippen molar-refractivity contribution < 1.29 is 0 Å². The standard InChI is InChI=1S/C10H10ClN3S/c11-7-1-2-10(9(12)3-7)14-5-8-4-13-6-15-8/h1-4,6,14H,5,12H2. The molecule has 3 nitrogen and oxygen atoms in total. The Bertz CT molecular complexity index is 442. The van der Waals surface area contributed by atoms with Gasteiger partial charge in [0.15, 0.2) is 0 Å². The molecule has 1 heterocycles. The van der Waals surface area contributed by atoms with Crippen molar-refractivity contribution in [2.75, 3.05) is 11.1 Å². The maximum Gasteiger partial charge on any atom is 0.0794 e. The molecule has 0 aliphatic carbocycles. The summed E-state index contributed by atoms with van der Waals surface area (Å²) in [6.45, 7) is 0.733. The van der Waals surface area contributed by atoms with Crippen molar-refractivity contribution in [2.24, 2.45) is 0 Å². The smallest absolute Gasteiger partial charge is 0.0794 e. The molecule has 0 atom stereocenters. The molecule has 15 heavy (non-hydrogen) atoms. The van der Waals surface area contributed by atoms with Crippen LogP contribution >= 0.6 is 22.9 Å². The van der Waals surface area contributed by atoms with Crippen molar-refractivity contribution in [3.8, 4) is 0 Å². The van der Waals surface area contributed by atoms with E-state index in [-0.39, 0.29) is 0 Å². The number of thiazole rings is 1. The number of nitrogen functional groups attached to an aromatic ring is 1. The largest absolute Gasteiger partial charge is 0.397 e. The fourth-order valence-electron chi connectivity index (χ4n) is 1.21. The average molecular weight is 240 g/mol. The van der Waals surface area contributed by atoms with Gasteiger partial charge in [-0.1, -0.05) is 11.6 Å². The number of nitrogens with one attached hydrogen (secondary N) is 1. The number of hydrogen-bond acceptors (Lipinski definition) is 4. The van der Waals surface area contributed by atoms with Gasteiger partial charge in [-0.3, -0.25) is 4.98 Å².